The average Bonchev–Trinajstić information content (AvgIpc) is 2.26. The van der Waals surface area contributed by atoms with E-state index >= 15 is 0 Å². The molecule has 0 atom stereocenters. The van der Waals surface area contributed by atoms with Gasteiger partial charge in [0.1, 0.15) is 5.82 Å². The second-order valence-corrected chi connectivity index (χ2v) is 6.39. The zero-order valence-corrected chi connectivity index (χ0v) is 13.3. The van der Waals surface area contributed by atoms with Crippen LogP contribution in [0.3, 0.4) is 0 Å². The van der Waals surface area contributed by atoms with Gasteiger partial charge in [-0.05, 0) is 67.8 Å². The van der Waals surface area contributed by atoms with Gasteiger partial charge in [0.25, 0.3) is 0 Å². The maximum absolute atomic E-state index is 4.50. The summed E-state index contributed by atoms with van der Waals surface area (Å²) in [7, 11) is 6.51. The van der Waals surface area contributed by atoms with E-state index in [0.717, 1.165) is 16.8 Å². The summed E-state index contributed by atoms with van der Waals surface area (Å²) < 4.78 is 1.11. The molecule has 18 heavy (non-hydrogen) atoms. The molecule has 0 N–H and O–H groups in total. The highest BCUT2D eigenvalue weighted by molar-refractivity contribution is 9.10. The van der Waals surface area contributed by atoms with Crippen LogP contribution in [-0.2, 0) is 0 Å². The van der Waals surface area contributed by atoms with Gasteiger partial charge in [0.05, 0.1) is 4.47 Å². The van der Waals surface area contributed by atoms with Crippen LogP contribution in [0, 0.1) is 6.92 Å². The summed E-state index contributed by atoms with van der Waals surface area (Å²) in [6.45, 7) is 3.14. The molecule has 4 heteroatoms. The predicted molar refractivity (Wildman–Crippen MR) is 80.2 cm³/mol. The van der Waals surface area contributed by atoms with E-state index in [9.17, 15) is 0 Å². The SMILES string of the molecule is Cc1ccnc(N(C)CC2(N(C)C)CCC2)c1Br. The number of likely N-dealkylation sites (N-methyl/N-ethyl adjacent to an activating group) is 2. The lowest BCUT2D eigenvalue weighted by molar-refractivity contribution is 0.0681. The molecule has 1 aliphatic carbocycles. The van der Waals surface area contributed by atoms with E-state index < -0.39 is 0 Å². The fraction of sp³-hybridized carbons (Fsp3) is 0.643. The summed E-state index contributed by atoms with van der Waals surface area (Å²) in [6, 6.07) is 2.03. The van der Waals surface area contributed by atoms with Gasteiger partial charge in [-0.2, -0.15) is 0 Å². The Labute approximate surface area is 118 Å². The maximum atomic E-state index is 4.50. The molecule has 2 rings (SSSR count). The summed E-state index contributed by atoms with van der Waals surface area (Å²) in [4.78, 5) is 9.15. The van der Waals surface area contributed by atoms with Gasteiger partial charge in [0.15, 0.2) is 0 Å². The molecule has 0 spiro atoms. The van der Waals surface area contributed by atoms with Gasteiger partial charge in [0, 0.05) is 25.3 Å². The third-order valence-electron chi connectivity index (χ3n) is 4.19. The van der Waals surface area contributed by atoms with Crippen LogP contribution >= 0.6 is 15.9 Å². The van der Waals surface area contributed by atoms with Crippen molar-refractivity contribution in [3.63, 3.8) is 0 Å². The summed E-state index contributed by atoms with van der Waals surface area (Å²) in [5.74, 6) is 1.04. The van der Waals surface area contributed by atoms with Gasteiger partial charge in [-0.3, -0.25) is 0 Å². The summed E-state index contributed by atoms with van der Waals surface area (Å²) in [5.41, 5.74) is 1.57. The third kappa shape index (κ3) is 2.41. The lowest BCUT2D eigenvalue weighted by Crippen LogP contribution is -2.56. The largest absolute Gasteiger partial charge is 0.357 e. The minimum Gasteiger partial charge on any atom is -0.357 e. The average molecular weight is 312 g/mol. The molecule has 1 aliphatic rings. The Morgan fingerprint density at radius 2 is 2.00 bits per heavy atom. The van der Waals surface area contributed by atoms with E-state index in [2.05, 4.69) is 58.8 Å². The van der Waals surface area contributed by atoms with Crippen molar-refractivity contribution in [3.8, 4) is 0 Å². The molecule has 1 heterocycles. The van der Waals surface area contributed by atoms with Gasteiger partial charge < -0.3 is 9.80 Å². The molecule has 0 unspecified atom stereocenters. The highest BCUT2D eigenvalue weighted by Crippen LogP contribution is 2.38. The number of pyridine rings is 1. The van der Waals surface area contributed by atoms with Crippen LogP contribution in [0.2, 0.25) is 0 Å². The maximum Gasteiger partial charge on any atom is 0.142 e. The topological polar surface area (TPSA) is 19.4 Å². The Morgan fingerprint density at radius 3 is 2.50 bits per heavy atom. The molecule has 1 fully saturated rings. The van der Waals surface area contributed by atoms with Crippen LogP contribution in [0.15, 0.2) is 16.7 Å². The Hall–Kier alpha value is -0.610. The van der Waals surface area contributed by atoms with Gasteiger partial charge in [-0.25, -0.2) is 4.98 Å². The van der Waals surface area contributed by atoms with E-state index in [4.69, 9.17) is 0 Å². The molecule has 0 aliphatic heterocycles. The van der Waals surface area contributed by atoms with Crippen LogP contribution in [0.25, 0.3) is 0 Å². The first kappa shape index (κ1) is 13.8. The first-order chi connectivity index (χ1) is 8.46. The lowest BCUT2D eigenvalue weighted by Gasteiger charge is -2.49. The predicted octanol–water partition coefficient (Wildman–Crippen LogP) is 3.07. The second-order valence-electron chi connectivity index (χ2n) is 5.59. The fourth-order valence-corrected chi connectivity index (χ4v) is 3.18. The molecule has 1 saturated carbocycles. The van der Waals surface area contributed by atoms with Crippen molar-refractivity contribution in [2.75, 3.05) is 32.6 Å². The van der Waals surface area contributed by atoms with Crippen molar-refractivity contribution in [3.05, 3.63) is 22.3 Å². The molecular formula is C14H22BrN3. The van der Waals surface area contributed by atoms with E-state index in [1.165, 1.54) is 24.8 Å². The molecule has 100 valence electrons. The summed E-state index contributed by atoms with van der Waals surface area (Å²) >= 11 is 3.65. The molecule has 0 bridgehead atoms. The quantitative estimate of drug-likeness (QED) is 0.852. The minimum absolute atomic E-state index is 0.333. The smallest absolute Gasteiger partial charge is 0.142 e. The Bertz CT molecular complexity index is 427. The van der Waals surface area contributed by atoms with Crippen molar-refractivity contribution in [2.24, 2.45) is 0 Å². The van der Waals surface area contributed by atoms with E-state index in [-0.39, 0.29) is 0 Å². The standard InChI is InChI=1S/C14H22BrN3/c1-11-6-9-16-13(12(11)15)18(4)10-14(17(2)3)7-5-8-14/h6,9H,5,7-8,10H2,1-4H3. The second kappa shape index (κ2) is 5.17. The van der Waals surface area contributed by atoms with Crippen LogP contribution in [0.5, 0.6) is 0 Å². The van der Waals surface area contributed by atoms with Crippen LogP contribution in [0.1, 0.15) is 24.8 Å². The number of aromatic nitrogens is 1. The first-order valence-corrected chi connectivity index (χ1v) is 7.25. The van der Waals surface area contributed by atoms with Crippen molar-refractivity contribution in [1.29, 1.82) is 0 Å². The molecule has 0 radical (unpaired) electrons. The molecule has 3 nitrogen and oxygen atoms in total. The van der Waals surface area contributed by atoms with Crippen molar-refractivity contribution in [2.45, 2.75) is 31.7 Å². The highest BCUT2D eigenvalue weighted by atomic mass is 79.9. The molecule has 0 amide bonds. The number of hydrogen-bond donors (Lipinski definition) is 0. The minimum atomic E-state index is 0.333. The zero-order valence-electron chi connectivity index (χ0n) is 11.7. The third-order valence-corrected chi connectivity index (χ3v) is 5.17. The van der Waals surface area contributed by atoms with Crippen LogP contribution < -0.4 is 4.90 Å². The number of halogens is 1. The van der Waals surface area contributed by atoms with Crippen molar-refractivity contribution < 1.29 is 0 Å². The van der Waals surface area contributed by atoms with Crippen LogP contribution in [-0.4, -0.2) is 43.1 Å². The van der Waals surface area contributed by atoms with Gasteiger partial charge >= 0.3 is 0 Å². The number of hydrogen-bond acceptors (Lipinski definition) is 3. The molecule has 1 aromatic rings. The molecule has 0 saturated heterocycles. The van der Waals surface area contributed by atoms with Crippen molar-refractivity contribution in [1.82, 2.24) is 9.88 Å². The number of nitrogens with zero attached hydrogens (tertiary/aromatic N) is 3. The Balaban J connectivity index is 2.17. The van der Waals surface area contributed by atoms with Crippen molar-refractivity contribution >= 4 is 21.7 Å². The van der Waals surface area contributed by atoms with E-state index in [0.29, 0.717) is 5.54 Å². The summed E-state index contributed by atoms with van der Waals surface area (Å²) in [5, 5.41) is 0. The monoisotopic (exact) mass is 311 g/mol. The van der Waals surface area contributed by atoms with Crippen LogP contribution in [0.4, 0.5) is 5.82 Å². The molecule has 1 aromatic heterocycles. The summed E-state index contributed by atoms with van der Waals surface area (Å²) in [6.07, 6.45) is 5.80. The van der Waals surface area contributed by atoms with Gasteiger partial charge in [0.2, 0.25) is 0 Å². The normalized spacial score (nSPS) is 17.7. The molecule has 0 aromatic carbocycles. The Kier molecular flexibility index (Phi) is 3.97. The van der Waals surface area contributed by atoms with Gasteiger partial charge in [-0.1, -0.05) is 0 Å². The number of rotatable bonds is 4. The van der Waals surface area contributed by atoms with E-state index in [1.54, 1.807) is 0 Å². The molecular weight excluding hydrogens is 290 g/mol. The Morgan fingerprint density at radius 1 is 1.33 bits per heavy atom. The van der Waals surface area contributed by atoms with Gasteiger partial charge in [-0.15, -0.1) is 0 Å². The number of aryl methyl sites for hydroxylation is 1. The fourth-order valence-electron chi connectivity index (χ4n) is 2.64. The highest BCUT2D eigenvalue weighted by Gasteiger charge is 2.40. The first-order valence-electron chi connectivity index (χ1n) is 6.46. The lowest BCUT2D eigenvalue weighted by atomic mass is 9.75. The number of anilines is 1. The zero-order chi connectivity index (χ0) is 13.3. The van der Waals surface area contributed by atoms with E-state index in [1.807, 2.05) is 12.3 Å².